The molecule has 2 aliphatic heterocycles. The average molecular weight is 359 g/mol. The molecule has 0 aromatic carbocycles. The third kappa shape index (κ3) is 4.97. The lowest BCUT2D eigenvalue weighted by Crippen LogP contribution is -2.38. The molecule has 0 saturated carbocycles. The predicted molar refractivity (Wildman–Crippen MR) is 106 cm³/mol. The van der Waals surface area contributed by atoms with Gasteiger partial charge in [-0.2, -0.15) is 0 Å². The van der Waals surface area contributed by atoms with Gasteiger partial charge in [0.1, 0.15) is 5.82 Å². The van der Waals surface area contributed by atoms with Gasteiger partial charge in [-0.1, -0.05) is 20.8 Å². The molecule has 0 unspecified atom stereocenters. The van der Waals surface area contributed by atoms with Crippen LogP contribution in [-0.2, 0) is 0 Å². The van der Waals surface area contributed by atoms with Crippen LogP contribution in [0.15, 0.2) is 18.3 Å². The number of carbonyl (C=O) groups excluding carboxylic acids is 1. The lowest BCUT2D eigenvalue weighted by Gasteiger charge is -2.30. The lowest BCUT2D eigenvalue weighted by molar-refractivity contribution is 0.0697. The number of anilines is 1. The number of nitrogens with zero attached hydrogens (tertiary/aromatic N) is 3. The smallest absolute Gasteiger partial charge is 0.255 e. The summed E-state index contributed by atoms with van der Waals surface area (Å²) in [5.41, 5.74) is 0.701. The van der Waals surface area contributed by atoms with E-state index in [-0.39, 0.29) is 5.91 Å². The van der Waals surface area contributed by atoms with Crippen LogP contribution in [0.5, 0.6) is 0 Å². The maximum absolute atomic E-state index is 12.6. The van der Waals surface area contributed by atoms with Gasteiger partial charge >= 0.3 is 0 Å². The summed E-state index contributed by atoms with van der Waals surface area (Å²) in [6.45, 7) is 11.9. The first-order valence-corrected chi connectivity index (χ1v) is 10.3. The van der Waals surface area contributed by atoms with Crippen molar-refractivity contribution in [1.29, 1.82) is 0 Å². The van der Waals surface area contributed by atoms with E-state index in [4.69, 9.17) is 0 Å². The first kappa shape index (κ1) is 19.2. The number of likely N-dealkylation sites (tertiary alicyclic amines) is 2. The van der Waals surface area contributed by atoms with E-state index in [1.54, 1.807) is 6.20 Å². The van der Waals surface area contributed by atoms with Crippen LogP contribution in [0.1, 0.15) is 56.8 Å². The van der Waals surface area contributed by atoms with Gasteiger partial charge in [-0.05, 0) is 56.2 Å². The monoisotopic (exact) mass is 358 g/mol. The van der Waals surface area contributed by atoms with Crippen molar-refractivity contribution in [2.45, 2.75) is 52.5 Å². The molecule has 1 aromatic heterocycles. The molecule has 1 N–H and O–H groups in total. The highest BCUT2D eigenvalue weighted by Crippen LogP contribution is 2.20. The summed E-state index contributed by atoms with van der Waals surface area (Å²) in [5.74, 6) is 2.42. The molecule has 3 heterocycles. The molecule has 1 atom stereocenters. The molecule has 3 rings (SSSR count). The minimum atomic E-state index is 0.120. The molecule has 2 fully saturated rings. The van der Waals surface area contributed by atoms with E-state index in [0.29, 0.717) is 17.5 Å². The van der Waals surface area contributed by atoms with E-state index in [9.17, 15) is 4.79 Å². The molecule has 2 aliphatic rings. The third-order valence-corrected chi connectivity index (χ3v) is 5.70. The Labute approximate surface area is 158 Å². The zero-order chi connectivity index (χ0) is 18.5. The minimum absolute atomic E-state index is 0.120. The Morgan fingerprint density at radius 3 is 2.65 bits per heavy atom. The molecule has 0 aliphatic carbocycles. The molecule has 1 amide bonds. The van der Waals surface area contributed by atoms with E-state index in [0.717, 1.165) is 44.2 Å². The predicted octanol–water partition coefficient (Wildman–Crippen LogP) is 3.49. The molecule has 0 radical (unpaired) electrons. The number of hydrogen-bond donors (Lipinski definition) is 1. The minimum Gasteiger partial charge on any atom is -0.369 e. The second kappa shape index (κ2) is 8.85. The van der Waals surface area contributed by atoms with Gasteiger partial charge in [0.05, 0.1) is 5.56 Å². The number of carbonyl (C=O) groups is 1. The molecule has 2 saturated heterocycles. The summed E-state index contributed by atoms with van der Waals surface area (Å²) >= 11 is 0. The molecular formula is C21H34N4O. The maximum atomic E-state index is 12.6. The molecular weight excluding hydrogens is 324 g/mol. The van der Waals surface area contributed by atoms with Crippen LogP contribution < -0.4 is 5.32 Å². The van der Waals surface area contributed by atoms with E-state index in [2.05, 4.69) is 36.0 Å². The van der Waals surface area contributed by atoms with Gasteiger partial charge in [-0.3, -0.25) is 9.69 Å². The molecule has 1 aromatic rings. The Balaban J connectivity index is 1.50. The number of nitrogens with one attached hydrogen (secondary N) is 1. The number of rotatable bonds is 6. The first-order chi connectivity index (χ1) is 12.5. The normalized spacial score (nSPS) is 22.2. The fourth-order valence-corrected chi connectivity index (χ4v) is 4.08. The maximum Gasteiger partial charge on any atom is 0.255 e. The van der Waals surface area contributed by atoms with Crippen molar-refractivity contribution in [1.82, 2.24) is 14.8 Å². The van der Waals surface area contributed by atoms with Crippen LogP contribution >= 0.6 is 0 Å². The summed E-state index contributed by atoms with van der Waals surface area (Å²) in [6.07, 6.45) is 6.47. The molecule has 144 valence electrons. The number of pyridine rings is 1. The second-order valence-electron chi connectivity index (χ2n) is 8.47. The highest BCUT2D eigenvalue weighted by molar-refractivity contribution is 5.94. The summed E-state index contributed by atoms with van der Waals surface area (Å²) in [7, 11) is 0. The zero-order valence-corrected chi connectivity index (χ0v) is 16.6. The molecule has 26 heavy (non-hydrogen) atoms. The number of piperidine rings is 1. The van der Waals surface area contributed by atoms with Crippen molar-refractivity contribution in [3.8, 4) is 0 Å². The van der Waals surface area contributed by atoms with Crippen LogP contribution in [0.2, 0.25) is 0 Å². The van der Waals surface area contributed by atoms with Crippen LogP contribution in [-0.4, -0.2) is 59.5 Å². The summed E-state index contributed by atoms with van der Waals surface area (Å²) in [5, 5.41) is 3.46. The summed E-state index contributed by atoms with van der Waals surface area (Å²) in [4.78, 5) is 21.6. The Kier molecular flexibility index (Phi) is 6.52. The van der Waals surface area contributed by atoms with Gasteiger partial charge < -0.3 is 10.2 Å². The van der Waals surface area contributed by atoms with E-state index < -0.39 is 0 Å². The van der Waals surface area contributed by atoms with Gasteiger partial charge in [0.2, 0.25) is 0 Å². The van der Waals surface area contributed by atoms with Crippen molar-refractivity contribution >= 4 is 11.7 Å². The molecule has 5 nitrogen and oxygen atoms in total. The van der Waals surface area contributed by atoms with Crippen molar-refractivity contribution in [2.24, 2.45) is 11.8 Å². The average Bonchev–Trinajstić information content (AvgIpc) is 3.07. The lowest BCUT2D eigenvalue weighted by atomic mass is 9.99. The van der Waals surface area contributed by atoms with Crippen LogP contribution in [0.4, 0.5) is 5.82 Å². The van der Waals surface area contributed by atoms with E-state index in [1.165, 1.54) is 25.9 Å². The fourth-order valence-electron chi connectivity index (χ4n) is 4.08. The highest BCUT2D eigenvalue weighted by atomic mass is 16.2. The van der Waals surface area contributed by atoms with Gasteiger partial charge in [-0.25, -0.2) is 4.98 Å². The SMILES string of the molecule is CC(C)CN1CCC[C@@H]1CNc1ccc(C(=O)N2CCC(C)CC2)cn1. The van der Waals surface area contributed by atoms with Gasteiger partial charge in [0, 0.05) is 38.4 Å². The molecule has 0 bridgehead atoms. The largest absolute Gasteiger partial charge is 0.369 e. The number of amides is 1. The Hall–Kier alpha value is -1.62. The van der Waals surface area contributed by atoms with Crippen molar-refractivity contribution < 1.29 is 4.79 Å². The van der Waals surface area contributed by atoms with Gasteiger partial charge in [0.15, 0.2) is 0 Å². The summed E-state index contributed by atoms with van der Waals surface area (Å²) in [6, 6.07) is 4.45. The quantitative estimate of drug-likeness (QED) is 0.846. The van der Waals surface area contributed by atoms with Crippen molar-refractivity contribution in [2.75, 3.05) is 38.0 Å². The van der Waals surface area contributed by atoms with E-state index >= 15 is 0 Å². The van der Waals surface area contributed by atoms with Crippen molar-refractivity contribution in [3.05, 3.63) is 23.9 Å². The Morgan fingerprint density at radius 2 is 2.00 bits per heavy atom. The standard InChI is InChI=1S/C21H34N4O/c1-16(2)15-25-10-4-5-19(25)14-23-20-7-6-18(13-22-20)21(26)24-11-8-17(3)9-12-24/h6-7,13,16-17,19H,4-5,8-12,14-15H2,1-3H3,(H,22,23)/t19-/m1/s1. The number of hydrogen-bond acceptors (Lipinski definition) is 4. The fraction of sp³-hybridized carbons (Fsp3) is 0.714. The summed E-state index contributed by atoms with van der Waals surface area (Å²) < 4.78 is 0. The number of aromatic nitrogens is 1. The topological polar surface area (TPSA) is 48.5 Å². The molecule has 5 heteroatoms. The third-order valence-electron chi connectivity index (χ3n) is 5.70. The highest BCUT2D eigenvalue weighted by Gasteiger charge is 2.25. The van der Waals surface area contributed by atoms with Gasteiger partial charge in [-0.15, -0.1) is 0 Å². The van der Waals surface area contributed by atoms with Crippen LogP contribution in [0.3, 0.4) is 0 Å². The van der Waals surface area contributed by atoms with Crippen LogP contribution in [0, 0.1) is 11.8 Å². The van der Waals surface area contributed by atoms with Gasteiger partial charge in [0.25, 0.3) is 5.91 Å². The van der Waals surface area contributed by atoms with E-state index in [1.807, 2.05) is 17.0 Å². The van der Waals surface area contributed by atoms with Crippen LogP contribution in [0.25, 0.3) is 0 Å². The zero-order valence-electron chi connectivity index (χ0n) is 16.6. The second-order valence-corrected chi connectivity index (χ2v) is 8.47. The Morgan fingerprint density at radius 1 is 1.23 bits per heavy atom. The molecule has 0 spiro atoms. The van der Waals surface area contributed by atoms with Crippen molar-refractivity contribution in [3.63, 3.8) is 0 Å². The first-order valence-electron chi connectivity index (χ1n) is 10.3. The Bertz CT molecular complexity index is 578.